The number of nitrogens with one attached hydrogen (secondary N) is 1. The fourth-order valence-corrected chi connectivity index (χ4v) is 4.64. The Morgan fingerprint density at radius 1 is 1.06 bits per heavy atom. The first-order valence-corrected chi connectivity index (χ1v) is 12.0. The molecule has 0 radical (unpaired) electrons. The molecule has 4 aromatic rings. The van der Waals surface area contributed by atoms with Crippen LogP contribution in [0.3, 0.4) is 0 Å². The average Bonchev–Trinajstić information content (AvgIpc) is 3.28. The number of oxazole rings is 1. The van der Waals surface area contributed by atoms with Gasteiger partial charge < -0.3 is 15.1 Å². The number of nitrogens with two attached hydrogens (primary N) is 1. The van der Waals surface area contributed by atoms with E-state index in [1.165, 1.54) is 23.0 Å². The summed E-state index contributed by atoms with van der Waals surface area (Å²) < 4.78 is 7.36. The zero-order valence-corrected chi connectivity index (χ0v) is 19.6. The maximum absolute atomic E-state index is 13.1. The molecule has 1 aliphatic carbocycles. The third-order valence-corrected chi connectivity index (χ3v) is 6.47. The van der Waals surface area contributed by atoms with Crippen molar-refractivity contribution >= 4 is 22.6 Å². The summed E-state index contributed by atoms with van der Waals surface area (Å²) >= 11 is 0. The summed E-state index contributed by atoms with van der Waals surface area (Å²) in [5.41, 5.74) is 9.47. The van der Waals surface area contributed by atoms with Crippen molar-refractivity contribution in [2.75, 3.05) is 17.2 Å². The first-order valence-electron chi connectivity index (χ1n) is 12.0. The summed E-state index contributed by atoms with van der Waals surface area (Å²) in [6, 6.07) is 17.1. The van der Waals surface area contributed by atoms with Crippen molar-refractivity contribution in [2.45, 2.75) is 45.2 Å². The molecule has 0 unspecified atom stereocenters. The predicted octanol–water partition coefficient (Wildman–Crippen LogP) is 4.21. The van der Waals surface area contributed by atoms with Crippen LogP contribution < -0.4 is 21.9 Å². The van der Waals surface area contributed by atoms with Gasteiger partial charge in [-0.15, -0.1) is 0 Å². The first kappa shape index (κ1) is 22.7. The van der Waals surface area contributed by atoms with Crippen LogP contribution in [0, 0.1) is 0 Å². The van der Waals surface area contributed by atoms with Gasteiger partial charge in [-0.05, 0) is 49.8 Å². The number of hydrogen-bond donors (Lipinski definition) is 2. The number of benzene rings is 2. The molecule has 8 nitrogen and oxygen atoms in total. The Morgan fingerprint density at radius 3 is 2.63 bits per heavy atom. The number of fused-ring (bicyclic) bond motifs is 1. The quantitative estimate of drug-likeness (QED) is 0.373. The van der Waals surface area contributed by atoms with Crippen LogP contribution in [0.2, 0.25) is 0 Å². The van der Waals surface area contributed by atoms with Crippen molar-refractivity contribution in [3.8, 4) is 0 Å². The molecule has 2 heterocycles. The van der Waals surface area contributed by atoms with Gasteiger partial charge in [0.2, 0.25) is 5.89 Å². The molecule has 2 aromatic heterocycles. The lowest BCUT2D eigenvalue weighted by molar-refractivity contribution is 0.517. The highest BCUT2D eigenvalue weighted by Gasteiger charge is 2.22. The van der Waals surface area contributed by atoms with Gasteiger partial charge in [-0.25, -0.2) is 9.78 Å². The minimum absolute atomic E-state index is 0.135. The fourth-order valence-electron chi connectivity index (χ4n) is 4.64. The second kappa shape index (κ2) is 10.0. The number of aromatic nitrogens is 3. The van der Waals surface area contributed by atoms with Crippen LogP contribution >= 0.6 is 0 Å². The van der Waals surface area contributed by atoms with E-state index < -0.39 is 11.2 Å². The van der Waals surface area contributed by atoms with Crippen LogP contribution in [0.4, 0.5) is 11.5 Å². The number of aromatic amines is 1. The molecule has 0 spiro atoms. The molecular formula is C27H29N5O3. The highest BCUT2D eigenvalue weighted by Crippen LogP contribution is 2.25. The third kappa shape index (κ3) is 5.06. The maximum atomic E-state index is 13.1. The molecule has 0 saturated carbocycles. The molecule has 0 saturated heterocycles. The zero-order chi connectivity index (χ0) is 24.2. The van der Waals surface area contributed by atoms with Crippen molar-refractivity contribution in [3.63, 3.8) is 0 Å². The van der Waals surface area contributed by atoms with Crippen molar-refractivity contribution in [1.82, 2.24) is 14.5 Å². The molecule has 0 amide bonds. The van der Waals surface area contributed by atoms with Crippen molar-refractivity contribution in [2.24, 2.45) is 0 Å². The number of para-hydroxylation sites is 2. The Morgan fingerprint density at radius 2 is 1.86 bits per heavy atom. The molecule has 5 rings (SSSR count). The average molecular weight is 472 g/mol. The Hall–Kier alpha value is -4.07. The molecule has 2 aromatic carbocycles. The smallest absolute Gasteiger partial charge is 0.330 e. The van der Waals surface area contributed by atoms with Crippen LogP contribution in [-0.4, -0.2) is 21.1 Å². The normalized spacial score (nSPS) is 13.7. The van der Waals surface area contributed by atoms with E-state index in [0.717, 1.165) is 30.3 Å². The zero-order valence-electron chi connectivity index (χ0n) is 19.6. The highest BCUT2D eigenvalue weighted by molar-refractivity contribution is 5.72. The Bertz CT molecular complexity index is 1430. The maximum Gasteiger partial charge on any atom is 0.330 e. The number of rotatable bonds is 8. The third-order valence-electron chi connectivity index (χ3n) is 6.47. The van der Waals surface area contributed by atoms with Gasteiger partial charge >= 0.3 is 5.69 Å². The molecule has 0 atom stereocenters. The summed E-state index contributed by atoms with van der Waals surface area (Å²) in [5.74, 6) is 0.625. The molecular weight excluding hydrogens is 442 g/mol. The van der Waals surface area contributed by atoms with Gasteiger partial charge in [0, 0.05) is 6.54 Å². The Labute approximate surface area is 202 Å². The minimum atomic E-state index is -0.531. The second-order valence-electron chi connectivity index (χ2n) is 8.92. The lowest BCUT2D eigenvalue weighted by atomic mass is 9.97. The summed E-state index contributed by atoms with van der Waals surface area (Å²) in [4.78, 5) is 34.7. The fraction of sp³-hybridized carbons (Fsp3) is 0.296. The van der Waals surface area contributed by atoms with Gasteiger partial charge in [-0.3, -0.25) is 14.3 Å². The summed E-state index contributed by atoms with van der Waals surface area (Å²) in [5, 5.41) is 0. The number of nitrogen functional groups attached to an aromatic ring is 1. The van der Waals surface area contributed by atoms with Gasteiger partial charge in [0.25, 0.3) is 5.56 Å². The molecule has 0 fully saturated rings. The molecule has 0 aliphatic heterocycles. The lowest BCUT2D eigenvalue weighted by Crippen LogP contribution is -2.39. The van der Waals surface area contributed by atoms with Gasteiger partial charge in [-0.1, -0.05) is 54.1 Å². The van der Waals surface area contributed by atoms with E-state index in [2.05, 4.69) is 16.0 Å². The SMILES string of the molecule is Nc1c(N(CCC2=CCCCC2)Cc2nc3ccccc3o2)c(=O)[nH]c(=O)n1Cc1ccccc1. The molecule has 8 heteroatoms. The lowest BCUT2D eigenvalue weighted by Gasteiger charge is -2.26. The van der Waals surface area contributed by atoms with E-state index in [4.69, 9.17) is 10.2 Å². The van der Waals surface area contributed by atoms with Crippen molar-refractivity contribution in [1.29, 1.82) is 0 Å². The van der Waals surface area contributed by atoms with Gasteiger partial charge in [-0.2, -0.15) is 0 Å². The van der Waals surface area contributed by atoms with E-state index >= 15 is 0 Å². The van der Waals surface area contributed by atoms with Crippen LogP contribution in [0.15, 0.2) is 80.3 Å². The van der Waals surface area contributed by atoms with Crippen LogP contribution in [0.25, 0.3) is 11.1 Å². The Balaban J connectivity index is 1.52. The van der Waals surface area contributed by atoms with E-state index in [1.54, 1.807) is 0 Å². The number of allylic oxidation sites excluding steroid dienone is 1. The van der Waals surface area contributed by atoms with E-state index in [9.17, 15) is 9.59 Å². The summed E-state index contributed by atoms with van der Waals surface area (Å²) in [7, 11) is 0. The molecule has 1 aliphatic rings. The topological polar surface area (TPSA) is 110 Å². The number of H-pyrrole nitrogens is 1. The molecule has 0 bridgehead atoms. The van der Waals surface area contributed by atoms with Crippen molar-refractivity contribution in [3.05, 3.63) is 98.5 Å². The van der Waals surface area contributed by atoms with Gasteiger partial charge in [0.05, 0.1) is 13.1 Å². The van der Waals surface area contributed by atoms with Crippen LogP contribution in [0.5, 0.6) is 0 Å². The number of nitrogens with zero attached hydrogens (tertiary/aromatic N) is 3. The second-order valence-corrected chi connectivity index (χ2v) is 8.92. The number of anilines is 2. The standard InChI is InChI=1S/C27H29N5O3/c28-25-24(26(33)30-27(34)32(25)17-20-11-5-2-6-12-20)31(16-15-19-9-3-1-4-10-19)18-23-29-21-13-7-8-14-22(21)35-23/h2,5-9,11-14H,1,3-4,10,15-18,28H2,(H,30,33,34). The largest absolute Gasteiger partial charge is 0.439 e. The number of hydrogen-bond acceptors (Lipinski definition) is 6. The summed E-state index contributed by atoms with van der Waals surface area (Å²) in [6.45, 7) is 1.08. The monoisotopic (exact) mass is 471 g/mol. The summed E-state index contributed by atoms with van der Waals surface area (Å²) in [6.07, 6.45) is 7.65. The highest BCUT2D eigenvalue weighted by atomic mass is 16.3. The van der Waals surface area contributed by atoms with Gasteiger partial charge in [0.15, 0.2) is 5.58 Å². The Kier molecular flexibility index (Phi) is 6.52. The first-order chi connectivity index (χ1) is 17.1. The predicted molar refractivity (Wildman–Crippen MR) is 138 cm³/mol. The van der Waals surface area contributed by atoms with Gasteiger partial charge in [0.1, 0.15) is 17.0 Å². The molecule has 35 heavy (non-hydrogen) atoms. The van der Waals surface area contributed by atoms with E-state index in [-0.39, 0.29) is 24.6 Å². The minimum Gasteiger partial charge on any atom is -0.439 e. The van der Waals surface area contributed by atoms with Crippen LogP contribution in [-0.2, 0) is 13.1 Å². The van der Waals surface area contributed by atoms with Crippen molar-refractivity contribution < 1.29 is 4.42 Å². The molecule has 180 valence electrons. The van der Waals surface area contributed by atoms with Crippen LogP contribution in [0.1, 0.15) is 43.6 Å². The molecule has 3 N–H and O–H groups in total. The van der Waals surface area contributed by atoms with E-state index in [1.807, 2.05) is 59.5 Å². The van der Waals surface area contributed by atoms with E-state index in [0.29, 0.717) is 18.0 Å².